The molecule has 1 unspecified atom stereocenters. The van der Waals surface area contributed by atoms with Crippen molar-refractivity contribution >= 4 is 17.0 Å². The second kappa shape index (κ2) is 5.46. The third-order valence-corrected chi connectivity index (χ3v) is 3.82. The first kappa shape index (κ1) is 13.0. The molecular formula is C13H18N4S. The summed E-state index contributed by atoms with van der Waals surface area (Å²) < 4.78 is 0. The van der Waals surface area contributed by atoms with Crippen LogP contribution in [0.25, 0.3) is 0 Å². The van der Waals surface area contributed by atoms with E-state index in [2.05, 4.69) is 28.0 Å². The fraction of sp³-hybridized carbons (Fsp3) is 0.385. The molecular weight excluding hydrogens is 244 g/mol. The van der Waals surface area contributed by atoms with Gasteiger partial charge in [-0.3, -0.25) is 4.98 Å². The average molecular weight is 262 g/mol. The van der Waals surface area contributed by atoms with E-state index in [4.69, 9.17) is 5.73 Å². The highest BCUT2D eigenvalue weighted by molar-refractivity contribution is 7.09. The molecule has 0 radical (unpaired) electrons. The molecule has 0 aliphatic rings. The van der Waals surface area contributed by atoms with E-state index in [1.54, 1.807) is 11.3 Å². The largest absolute Gasteiger partial charge is 0.368 e. The number of aromatic nitrogens is 2. The van der Waals surface area contributed by atoms with E-state index in [9.17, 15) is 0 Å². The molecule has 0 saturated carbocycles. The maximum Gasteiger partial charge on any atom is 0.0798 e. The standard InChI is InChI=1S/C13H18N4S/c1-9(14)12-5-4-11(6-15-12)17(3)7-13-10(2)16-8-18-13/h4-6,8-9H,7,14H2,1-3H3. The Morgan fingerprint density at radius 1 is 1.39 bits per heavy atom. The topological polar surface area (TPSA) is 55.0 Å². The maximum absolute atomic E-state index is 5.79. The maximum atomic E-state index is 5.79. The van der Waals surface area contributed by atoms with Crippen LogP contribution >= 0.6 is 11.3 Å². The normalized spacial score (nSPS) is 12.4. The molecule has 1 atom stereocenters. The average Bonchev–Trinajstić information content (AvgIpc) is 2.75. The van der Waals surface area contributed by atoms with E-state index in [0.29, 0.717) is 0 Å². The van der Waals surface area contributed by atoms with Gasteiger partial charge in [-0.1, -0.05) is 0 Å². The molecule has 96 valence electrons. The minimum Gasteiger partial charge on any atom is -0.368 e. The smallest absolute Gasteiger partial charge is 0.0798 e. The Hall–Kier alpha value is -1.46. The number of aryl methyl sites for hydroxylation is 1. The molecule has 2 aromatic heterocycles. The van der Waals surface area contributed by atoms with Gasteiger partial charge in [-0.25, -0.2) is 4.98 Å². The molecule has 18 heavy (non-hydrogen) atoms. The lowest BCUT2D eigenvalue weighted by Gasteiger charge is -2.18. The van der Waals surface area contributed by atoms with Crippen molar-refractivity contribution in [3.05, 3.63) is 40.1 Å². The van der Waals surface area contributed by atoms with Gasteiger partial charge < -0.3 is 10.6 Å². The number of thiazole rings is 1. The van der Waals surface area contributed by atoms with Crippen LogP contribution in [0.15, 0.2) is 23.8 Å². The molecule has 0 saturated heterocycles. The van der Waals surface area contributed by atoms with Gasteiger partial charge in [0.2, 0.25) is 0 Å². The molecule has 0 bridgehead atoms. The Balaban J connectivity index is 2.09. The number of anilines is 1. The van der Waals surface area contributed by atoms with E-state index in [1.165, 1.54) is 4.88 Å². The van der Waals surface area contributed by atoms with Crippen molar-refractivity contribution in [2.45, 2.75) is 26.4 Å². The first-order valence-corrected chi connectivity index (χ1v) is 6.77. The molecule has 0 aliphatic carbocycles. The van der Waals surface area contributed by atoms with Gasteiger partial charge >= 0.3 is 0 Å². The summed E-state index contributed by atoms with van der Waals surface area (Å²) in [7, 11) is 2.06. The monoisotopic (exact) mass is 262 g/mol. The fourth-order valence-corrected chi connectivity index (χ4v) is 2.51. The molecule has 0 amide bonds. The molecule has 2 heterocycles. The first-order valence-electron chi connectivity index (χ1n) is 5.89. The van der Waals surface area contributed by atoms with Crippen LogP contribution in [-0.4, -0.2) is 17.0 Å². The van der Waals surface area contributed by atoms with Crippen LogP contribution in [0.4, 0.5) is 5.69 Å². The summed E-state index contributed by atoms with van der Waals surface area (Å²) in [5.74, 6) is 0. The van der Waals surface area contributed by atoms with Crippen LogP contribution in [0.1, 0.15) is 29.2 Å². The van der Waals surface area contributed by atoms with E-state index in [-0.39, 0.29) is 6.04 Å². The van der Waals surface area contributed by atoms with Crippen LogP contribution in [-0.2, 0) is 6.54 Å². The number of hydrogen-bond donors (Lipinski definition) is 1. The van der Waals surface area contributed by atoms with Crippen LogP contribution in [0.3, 0.4) is 0 Å². The second-order valence-corrected chi connectivity index (χ2v) is 5.39. The highest BCUT2D eigenvalue weighted by atomic mass is 32.1. The van der Waals surface area contributed by atoms with E-state index < -0.39 is 0 Å². The molecule has 2 N–H and O–H groups in total. The van der Waals surface area contributed by atoms with Crippen molar-refractivity contribution in [3.63, 3.8) is 0 Å². The Morgan fingerprint density at radius 3 is 2.67 bits per heavy atom. The number of rotatable bonds is 4. The SMILES string of the molecule is Cc1ncsc1CN(C)c1ccc(C(C)N)nc1. The first-order chi connectivity index (χ1) is 8.58. The minimum atomic E-state index is -0.0203. The van der Waals surface area contributed by atoms with Gasteiger partial charge in [0.25, 0.3) is 0 Å². The van der Waals surface area contributed by atoms with Gasteiger partial charge in [-0.2, -0.15) is 0 Å². The summed E-state index contributed by atoms with van der Waals surface area (Å²) >= 11 is 1.69. The summed E-state index contributed by atoms with van der Waals surface area (Å²) in [5.41, 5.74) is 10.8. The zero-order chi connectivity index (χ0) is 13.1. The van der Waals surface area contributed by atoms with Gasteiger partial charge in [0.15, 0.2) is 0 Å². The molecule has 0 aromatic carbocycles. The quantitative estimate of drug-likeness (QED) is 0.920. The minimum absolute atomic E-state index is 0.0203. The van der Waals surface area contributed by atoms with Gasteiger partial charge in [0.05, 0.1) is 35.3 Å². The Labute approximate surface area is 111 Å². The van der Waals surface area contributed by atoms with Crippen LogP contribution in [0.5, 0.6) is 0 Å². The van der Waals surface area contributed by atoms with Crippen molar-refractivity contribution in [2.75, 3.05) is 11.9 Å². The summed E-state index contributed by atoms with van der Waals surface area (Å²) in [6, 6.07) is 4.02. The molecule has 2 aromatic rings. The molecule has 4 nitrogen and oxygen atoms in total. The van der Waals surface area contributed by atoms with Gasteiger partial charge in [0.1, 0.15) is 0 Å². The summed E-state index contributed by atoms with van der Waals surface area (Å²) in [4.78, 5) is 12.1. The molecule has 0 fully saturated rings. The third kappa shape index (κ3) is 2.86. The summed E-state index contributed by atoms with van der Waals surface area (Å²) in [6.45, 7) is 4.83. The predicted molar refractivity (Wildman–Crippen MR) is 75.8 cm³/mol. The second-order valence-electron chi connectivity index (χ2n) is 4.45. The number of nitrogens with zero attached hydrogens (tertiary/aromatic N) is 3. The third-order valence-electron chi connectivity index (χ3n) is 2.90. The molecule has 5 heteroatoms. The van der Waals surface area contributed by atoms with Crippen molar-refractivity contribution < 1.29 is 0 Å². The number of pyridine rings is 1. The van der Waals surface area contributed by atoms with Crippen molar-refractivity contribution in [1.29, 1.82) is 0 Å². The lowest BCUT2D eigenvalue weighted by atomic mass is 10.2. The molecule has 0 aliphatic heterocycles. The zero-order valence-corrected chi connectivity index (χ0v) is 11.7. The van der Waals surface area contributed by atoms with E-state index in [0.717, 1.165) is 23.6 Å². The van der Waals surface area contributed by atoms with Crippen LogP contribution in [0.2, 0.25) is 0 Å². The summed E-state index contributed by atoms with van der Waals surface area (Å²) in [5, 5.41) is 0. The lowest BCUT2D eigenvalue weighted by Crippen LogP contribution is -2.17. The summed E-state index contributed by atoms with van der Waals surface area (Å²) in [6.07, 6.45) is 1.87. The Bertz CT molecular complexity index is 504. The number of nitrogens with two attached hydrogens (primary N) is 1. The highest BCUT2D eigenvalue weighted by Gasteiger charge is 2.08. The van der Waals surface area contributed by atoms with Gasteiger partial charge in [-0.05, 0) is 26.0 Å². The van der Waals surface area contributed by atoms with Crippen LogP contribution < -0.4 is 10.6 Å². The van der Waals surface area contributed by atoms with Gasteiger partial charge in [0, 0.05) is 18.0 Å². The predicted octanol–water partition coefficient (Wildman–Crippen LogP) is 2.50. The molecule has 2 rings (SSSR count). The number of hydrogen-bond acceptors (Lipinski definition) is 5. The molecule has 0 spiro atoms. The van der Waals surface area contributed by atoms with Crippen molar-refractivity contribution in [1.82, 2.24) is 9.97 Å². The van der Waals surface area contributed by atoms with Crippen molar-refractivity contribution in [3.8, 4) is 0 Å². The van der Waals surface area contributed by atoms with Gasteiger partial charge in [-0.15, -0.1) is 11.3 Å². The van der Waals surface area contributed by atoms with Crippen LogP contribution in [0, 0.1) is 6.92 Å². The Morgan fingerprint density at radius 2 is 2.17 bits per heavy atom. The van der Waals surface area contributed by atoms with E-state index in [1.807, 2.05) is 31.6 Å². The zero-order valence-electron chi connectivity index (χ0n) is 10.9. The highest BCUT2D eigenvalue weighted by Crippen LogP contribution is 2.19. The fourth-order valence-electron chi connectivity index (χ4n) is 1.68. The Kier molecular flexibility index (Phi) is 3.93. The van der Waals surface area contributed by atoms with E-state index >= 15 is 0 Å². The van der Waals surface area contributed by atoms with Crippen molar-refractivity contribution in [2.24, 2.45) is 5.73 Å². The lowest BCUT2D eigenvalue weighted by molar-refractivity contribution is 0.779.